The third kappa shape index (κ3) is 5.19. The van der Waals surface area contributed by atoms with Gasteiger partial charge in [-0.1, -0.05) is 0 Å². The van der Waals surface area contributed by atoms with E-state index in [0.29, 0.717) is 11.4 Å². The molecule has 1 aromatic rings. The average molecular weight is 315 g/mol. The summed E-state index contributed by atoms with van der Waals surface area (Å²) in [7, 11) is -3.06. The lowest BCUT2D eigenvalue weighted by atomic mass is 10.2. The quantitative estimate of drug-likeness (QED) is 0.877. The molecule has 1 atom stereocenters. The molecule has 2 rings (SSSR count). The van der Waals surface area contributed by atoms with Gasteiger partial charge in [-0.25, -0.2) is 12.8 Å². The van der Waals surface area contributed by atoms with Crippen molar-refractivity contribution in [2.24, 2.45) is 0 Å². The van der Waals surface area contributed by atoms with Crippen LogP contribution in [0.2, 0.25) is 0 Å². The second-order valence-electron chi connectivity index (χ2n) is 5.80. The lowest BCUT2D eigenvalue weighted by Crippen LogP contribution is -2.25. The normalized spacial score (nSPS) is 17.7. The molecule has 0 heterocycles. The molecule has 1 aliphatic rings. The van der Waals surface area contributed by atoms with Gasteiger partial charge in [0.1, 0.15) is 21.4 Å². The van der Waals surface area contributed by atoms with E-state index in [1.165, 1.54) is 18.4 Å². The Kier molecular flexibility index (Phi) is 5.08. The van der Waals surface area contributed by atoms with Crippen LogP contribution in [0.1, 0.15) is 32.6 Å². The van der Waals surface area contributed by atoms with Gasteiger partial charge in [-0.15, -0.1) is 0 Å². The van der Waals surface area contributed by atoms with Crippen molar-refractivity contribution in [3.63, 3.8) is 0 Å². The number of hydrogen-bond acceptors (Lipinski definition) is 4. The lowest BCUT2D eigenvalue weighted by molar-refractivity contribution is 0.210. The van der Waals surface area contributed by atoms with Crippen molar-refractivity contribution in [1.29, 1.82) is 0 Å². The minimum Gasteiger partial charge on any atom is -0.488 e. The van der Waals surface area contributed by atoms with E-state index in [1.807, 2.05) is 0 Å². The van der Waals surface area contributed by atoms with Gasteiger partial charge < -0.3 is 10.1 Å². The molecule has 0 amide bonds. The first kappa shape index (κ1) is 16.1. The molecule has 0 saturated heterocycles. The summed E-state index contributed by atoms with van der Waals surface area (Å²) in [6, 6.07) is 4.03. The highest BCUT2D eigenvalue weighted by Crippen LogP contribution is 2.31. The number of anilines is 1. The van der Waals surface area contributed by atoms with Gasteiger partial charge in [0.15, 0.2) is 0 Å². The minimum absolute atomic E-state index is 0.0211. The Morgan fingerprint density at radius 3 is 2.67 bits per heavy atom. The van der Waals surface area contributed by atoms with Crippen LogP contribution in [0.4, 0.5) is 10.1 Å². The van der Waals surface area contributed by atoms with Gasteiger partial charge >= 0.3 is 0 Å². The van der Waals surface area contributed by atoms with Crippen LogP contribution in [0.3, 0.4) is 0 Å². The molecule has 1 saturated carbocycles. The van der Waals surface area contributed by atoms with Crippen molar-refractivity contribution in [3.05, 3.63) is 24.0 Å². The van der Waals surface area contributed by atoms with Crippen molar-refractivity contribution in [1.82, 2.24) is 0 Å². The van der Waals surface area contributed by atoms with Gasteiger partial charge in [-0.3, -0.25) is 0 Å². The molecule has 0 bridgehead atoms. The van der Waals surface area contributed by atoms with Gasteiger partial charge in [0.2, 0.25) is 0 Å². The molecule has 6 heteroatoms. The molecule has 4 nitrogen and oxygen atoms in total. The maximum atomic E-state index is 13.4. The SMILES string of the molecule is CC(CS(C)(=O)=O)Nc1ccc(F)cc1OC1CCCC1. The van der Waals surface area contributed by atoms with Crippen molar-refractivity contribution in [2.45, 2.75) is 44.8 Å². The molecule has 21 heavy (non-hydrogen) atoms. The highest BCUT2D eigenvalue weighted by atomic mass is 32.2. The number of sulfone groups is 1. The summed E-state index contributed by atoms with van der Waals surface area (Å²) in [4.78, 5) is 0. The van der Waals surface area contributed by atoms with Crippen molar-refractivity contribution in [3.8, 4) is 5.75 Å². The molecule has 1 fully saturated rings. The van der Waals surface area contributed by atoms with Gasteiger partial charge in [-0.05, 0) is 44.7 Å². The van der Waals surface area contributed by atoms with Gasteiger partial charge in [0.25, 0.3) is 0 Å². The second kappa shape index (κ2) is 6.64. The molecule has 0 aromatic heterocycles. The van der Waals surface area contributed by atoms with Gasteiger partial charge in [0, 0.05) is 18.4 Å². The predicted molar refractivity (Wildman–Crippen MR) is 82.1 cm³/mol. The van der Waals surface area contributed by atoms with E-state index >= 15 is 0 Å². The Hall–Kier alpha value is -1.30. The first-order chi connectivity index (χ1) is 9.83. The third-order valence-corrected chi connectivity index (χ3v) is 4.60. The van der Waals surface area contributed by atoms with E-state index in [9.17, 15) is 12.8 Å². The highest BCUT2D eigenvalue weighted by molar-refractivity contribution is 7.90. The van der Waals surface area contributed by atoms with E-state index in [0.717, 1.165) is 25.7 Å². The summed E-state index contributed by atoms with van der Waals surface area (Å²) in [5, 5.41) is 3.10. The Morgan fingerprint density at radius 1 is 1.38 bits per heavy atom. The van der Waals surface area contributed by atoms with E-state index in [4.69, 9.17) is 4.74 Å². The molecular formula is C15H22FNO3S. The van der Waals surface area contributed by atoms with Crippen molar-refractivity contribution in [2.75, 3.05) is 17.3 Å². The van der Waals surface area contributed by atoms with E-state index < -0.39 is 9.84 Å². The zero-order valence-corrected chi connectivity index (χ0v) is 13.2. The monoisotopic (exact) mass is 315 g/mol. The molecule has 118 valence electrons. The smallest absolute Gasteiger partial charge is 0.149 e. The van der Waals surface area contributed by atoms with Crippen LogP contribution in [-0.4, -0.2) is 32.6 Å². The summed E-state index contributed by atoms with van der Waals surface area (Å²) >= 11 is 0. The lowest BCUT2D eigenvalue weighted by Gasteiger charge is -2.20. The van der Waals surface area contributed by atoms with E-state index in [1.54, 1.807) is 13.0 Å². The van der Waals surface area contributed by atoms with Gasteiger partial charge in [-0.2, -0.15) is 0 Å². The summed E-state index contributed by atoms with van der Waals surface area (Å²) in [6.07, 6.45) is 5.55. The number of benzene rings is 1. The van der Waals surface area contributed by atoms with Crippen LogP contribution in [-0.2, 0) is 9.84 Å². The van der Waals surface area contributed by atoms with Crippen LogP contribution in [0, 0.1) is 5.82 Å². The van der Waals surface area contributed by atoms with Crippen molar-refractivity contribution >= 4 is 15.5 Å². The topological polar surface area (TPSA) is 55.4 Å². The number of halogens is 1. The summed E-state index contributed by atoms with van der Waals surface area (Å²) in [6.45, 7) is 1.78. The summed E-state index contributed by atoms with van der Waals surface area (Å²) in [5.74, 6) is 0.124. The molecular weight excluding hydrogens is 293 g/mol. The molecule has 0 aliphatic heterocycles. The summed E-state index contributed by atoms with van der Waals surface area (Å²) in [5.41, 5.74) is 0.638. The maximum Gasteiger partial charge on any atom is 0.149 e. The minimum atomic E-state index is -3.06. The number of ether oxygens (including phenoxy) is 1. The van der Waals surface area contributed by atoms with Crippen molar-refractivity contribution < 1.29 is 17.5 Å². The number of nitrogens with one attached hydrogen (secondary N) is 1. The van der Waals surface area contributed by atoms with E-state index in [2.05, 4.69) is 5.32 Å². The number of hydrogen-bond donors (Lipinski definition) is 1. The van der Waals surface area contributed by atoms with Crippen LogP contribution in [0.5, 0.6) is 5.75 Å². The Balaban J connectivity index is 2.10. The second-order valence-corrected chi connectivity index (χ2v) is 7.99. The Labute approximate surface area is 125 Å². The van der Waals surface area contributed by atoms with Crippen LogP contribution >= 0.6 is 0 Å². The molecule has 0 spiro atoms. The van der Waals surface area contributed by atoms with Gasteiger partial charge in [0.05, 0.1) is 17.5 Å². The fraction of sp³-hybridized carbons (Fsp3) is 0.600. The molecule has 1 N–H and O–H groups in total. The zero-order valence-electron chi connectivity index (χ0n) is 12.4. The first-order valence-corrected chi connectivity index (χ1v) is 9.30. The van der Waals surface area contributed by atoms with Crippen LogP contribution < -0.4 is 10.1 Å². The molecule has 1 aliphatic carbocycles. The largest absolute Gasteiger partial charge is 0.488 e. The fourth-order valence-corrected chi connectivity index (χ4v) is 3.65. The fourth-order valence-electron chi connectivity index (χ4n) is 2.66. The maximum absolute atomic E-state index is 13.4. The van der Waals surface area contributed by atoms with Crippen LogP contribution in [0.25, 0.3) is 0 Å². The van der Waals surface area contributed by atoms with E-state index in [-0.39, 0.29) is 23.7 Å². The zero-order chi connectivity index (χ0) is 15.5. The molecule has 1 aromatic carbocycles. The predicted octanol–water partition coefficient (Wildman–Crippen LogP) is 2.99. The Morgan fingerprint density at radius 2 is 2.05 bits per heavy atom. The first-order valence-electron chi connectivity index (χ1n) is 7.24. The standard InChI is InChI=1S/C15H22FNO3S/c1-11(10-21(2,18)19)17-14-8-7-12(16)9-15(14)20-13-5-3-4-6-13/h7-9,11,13,17H,3-6,10H2,1-2H3. The average Bonchev–Trinajstić information content (AvgIpc) is 2.83. The highest BCUT2D eigenvalue weighted by Gasteiger charge is 2.19. The molecule has 0 radical (unpaired) electrons. The molecule has 1 unspecified atom stereocenters. The number of rotatable bonds is 6. The van der Waals surface area contributed by atoms with Crippen LogP contribution in [0.15, 0.2) is 18.2 Å². The summed E-state index contributed by atoms with van der Waals surface area (Å²) < 4.78 is 41.9. The third-order valence-electron chi connectivity index (χ3n) is 3.49. The Bertz CT molecular complexity index is 583.